The molecule has 0 spiro atoms. The first-order chi connectivity index (χ1) is 10.2. The molecule has 2 aromatic carbocycles. The Morgan fingerprint density at radius 1 is 1.19 bits per heavy atom. The molecule has 0 bridgehead atoms. The lowest BCUT2D eigenvalue weighted by Crippen LogP contribution is -2.01. The summed E-state index contributed by atoms with van der Waals surface area (Å²) in [6.07, 6.45) is 3.38. The fraction of sp³-hybridized carbons (Fsp3) is 0.0588. The number of benzene rings is 2. The van der Waals surface area contributed by atoms with Crippen molar-refractivity contribution in [3.63, 3.8) is 0 Å². The number of fused-ring (bicyclic) bond motifs is 1. The van der Waals surface area contributed by atoms with Crippen LogP contribution in [-0.2, 0) is 0 Å². The van der Waals surface area contributed by atoms with Crippen molar-refractivity contribution < 1.29 is 4.79 Å². The molecule has 0 saturated carbocycles. The van der Waals surface area contributed by atoms with E-state index in [4.69, 9.17) is 0 Å². The van der Waals surface area contributed by atoms with E-state index in [1.54, 1.807) is 12.3 Å². The van der Waals surface area contributed by atoms with Crippen molar-refractivity contribution in [1.82, 2.24) is 10.2 Å². The van der Waals surface area contributed by atoms with E-state index < -0.39 is 0 Å². The van der Waals surface area contributed by atoms with Gasteiger partial charge >= 0.3 is 0 Å². The Kier molecular flexibility index (Phi) is 3.51. The Morgan fingerprint density at radius 2 is 2.00 bits per heavy atom. The van der Waals surface area contributed by atoms with Gasteiger partial charge in [-0.1, -0.05) is 30.3 Å². The Bertz CT molecular complexity index is 803. The molecule has 0 aliphatic heterocycles. The molecule has 21 heavy (non-hydrogen) atoms. The van der Waals surface area contributed by atoms with E-state index in [-0.39, 0.29) is 5.78 Å². The van der Waals surface area contributed by atoms with Crippen molar-refractivity contribution in [2.45, 2.75) is 6.92 Å². The topological polar surface area (TPSA) is 57.8 Å². The third-order valence-corrected chi connectivity index (χ3v) is 3.19. The minimum Gasteiger partial charge on any atom is -0.359 e. The molecule has 0 atom stereocenters. The Labute approximate surface area is 122 Å². The smallest absolute Gasteiger partial charge is 0.187 e. The lowest BCUT2D eigenvalue weighted by atomic mass is 10.1. The van der Waals surface area contributed by atoms with Gasteiger partial charge in [-0.2, -0.15) is 5.10 Å². The predicted octanol–water partition coefficient (Wildman–Crippen LogP) is 3.76. The summed E-state index contributed by atoms with van der Waals surface area (Å²) in [5.41, 5.74) is 3.40. The minimum absolute atomic E-state index is 0.00927. The van der Waals surface area contributed by atoms with Gasteiger partial charge in [-0.25, -0.2) is 0 Å². The Balaban J connectivity index is 1.77. The van der Waals surface area contributed by atoms with Crippen LogP contribution in [0.3, 0.4) is 0 Å². The lowest BCUT2D eigenvalue weighted by Gasteiger charge is -2.06. The molecule has 104 valence electrons. The highest BCUT2D eigenvalue weighted by atomic mass is 16.1. The summed E-state index contributed by atoms with van der Waals surface area (Å²) in [5, 5.41) is 11.1. The van der Waals surface area contributed by atoms with Gasteiger partial charge in [0.1, 0.15) is 0 Å². The minimum atomic E-state index is -0.00927. The SMILES string of the molecule is C/C(=C\C(=O)c1ccccc1)Nc1ccc2[nH]ncc2c1. The van der Waals surface area contributed by atoms with Gasteiger partial charge in [0.15, 0.2) is 5.78 Å². The number of aromatic nitrogens is 2. The van der Waals surface area contributed by atoms with Crippen LogP contribution in [0, 0.1) is 0 Å². The number of nitrogens with zero attached hydrogens (tertiary/aromatic N) is 1. The fourth-order valence-electron chi connectivity index (χ4n) is 2.17. The van der Waals surface area contributed by atoms with E-state index in [1.807, 2.05) is 55.5 Å². The van der Waals surface area contributed by atoms with Gasteiger partial charge < -0.3 is 5.32 Å². The average Bonchev–Trinajstić information content (AvgIpc) is 2.95. The van der Waals surface area contributed by atoms with Crippen LogP contribution in [0.25, 0.3) is 10.9 Å². The highest BCUT2D eigenvalue weighted by Crippen LogP contribution is 2.18. The molecule has 2 N–H and O–H groups in total. The number of allylic oxidation sites excluding steroid dienone is 2. The van der Waals surface area contributed by atoms with Crippen LogP contribution in [-0.4, -0.2) is 16.0 Å². The molecule has 0 aliphatic carbocycles. The summed E-state index contributed by atoms with van der Waals surface area (Å²) in [5.74, 6) is -0.00927. The molecule has 3 aromatic rings. The van der Waals surface area contributed by atoms with Crippen LogP contribution in [0.1, 0.15) is 17.3 Å². The van der Waals surface area contributed by atoms with E-state index in [0.717, 1.165) is 22.3 Å². The summed E-state index contributed by atoms with van der Waals surface area (Å²) in [4.78, 5) is 12.1. The number of carbonyl (C=O) groups excluding carboxylic acids is 1. The van der Waals surface area contributed by atoms with E-state index in [9.17, 15) is 4.79 Å². The van der Waals surface area contributed by atoms with Crippen LogP contribution < -0.4 is 5.32 Å². The van der Waals surface area contributed by atoms with Gasteiger partial charge in [0.2, 0.25) is 0 Å². The molecule has 0 radical (unpaired) electrons. The van der Waals surface area contributed by atoms with Crippen LogP contribution in [0.4, 0.5) is 5.69 Å². The van der Waals surface area contributed by atoms with Crippen molar-refractivity contribution in [3.05, 3.63) is 72.1 Å². The number of rotatable bonds is 4. The van der Waals surface area contributed by atoms with Gasteiger partial charge in [-0.3, -0.25) is 9.89 Å². The number of H-pyrrole nitrogens is 1. The molecule has 0 saturated heterocycles. The Morgan fingerprint density at radius 3 is 2.81 bits per heavy atom. The third-order valence-electron chi connectivity index (χ3n) is 3.19. The first kappa shape index (κ1) is 13.1. The summed E-state index contributed by atoms with van der Waals surface area (Å²) in [7, 11) is 0. The zero-order valence-corrected chi connectivity index (χ0v) is 11.6. The van der Waals surface area contributed by atoms with Crippen molar-refractivity contribution in [2.24, 2.45) is 0 Å². The summed E-state index contributed by atoms with van der Waals surface area (Å²) < 4.78 is 0. The second kappa shape index (κ2) is 5.63. The van der Waals surface area contributed by atoms with Crippen LogP contribution in [0.15, 0.2) is 66.5 Å². The monoisotopic (exact) mass is 277 g/mol. The predicted molar refractivity (Wildman–Crippen MR) is 84.2 cm³/mol. The number of nitrogens with one attached hydrogen (secondary N) is 2. The number of hydrogen-bond acceptors (Lipinski definition) is 3. The zero-order valence-electron chi connectivity index (χ0n) is 11.6. The molecular weight excluding hydrogens is 262 g/mol. The van der Waals surface area contributed by atoms with E-state index in [0.29, 0.717) is 5.56 Å². The van der Waals surface area contributed by atoms with Crippen LogP contribution in [0.2, 0.25) is 0 Å². The number of ketones is 1. The highest BCUT2D eigenvalue weighted by molar-refractivity contribution is 6.05. The van der Waals surface area contributed by atoms with Gasteiger partial charge in [-0.15, -0.1) is 0 Å². The first-order valence-electron chi connectivity index (χ1n) is 6.70. The van der Waals surface area contributed by atoms with Gasteiger partial charge in [0.05, 0.1) is 11.7 Å². The zero-order chi connectivity index (χ0) is 14.7. The maximum Gasteiger partial charge on any atom is 0.187 e. The number of hydrogen-bond donors (Lipinski definition) is 2. The molecule has 1 heterocycles. The van der Waals surface area contributed by atoms with Gasteiger partial charge in [0, 0.05) is 28.4 Å². The van der Waals surface area contributed by atoms with Gasteiger partial charge in [0.25, 0.3) is 0 Å². The van der Waals surface area contributed by atoms with Crippen molar-refractivity contribution in [1.29, 1.82) is 0 Å². The maximum atomic E-state index is 12.1. The lowest BCUT2D eigenvalue weighted by molar-refractivity contribution is 0.104. The second-order valence-corrected chi connectivity index (χ2v) is 4.85. The average molecular weight is 277 g/mol. The molecule has 1 aromatic heterocycles. The highest BCUT2D eigenvalue weighted by Gasteiger charge is 2.03. The number of anilines is 1. The molecular formula is C17H15N3O. The second-order valence-electron chi connectivity index (χ2n) is 4.85. The first-order valence-corrected chi connectivity index (χ1v) is 6.70. The maximum absolute atomic E-state index is 12.1. The molecule has 0 aliphatic rings. The fourth-order valence-corrected chi connectivity index (χ4v) is 2.17. The Hall–Kier alpha value is -2.88. The normalized spacial score (nSPS) is 11.6. The molecule has 0 fully saturated rings. The van der Waals surface area contributed by atoms with Crippen molar-refractivity contribution in [3.8, 4) is 0 Å². The molecule has 4 heteroatoms. The standard InChI is InChI=1S/C17H15N3O/c1-12(9-17(21)13-5-3-2-4-6-13)19-15-7-8-16-14(10-15)11-18-20-16/h2-11,19H,1H3,(H,18,20)/b12-9+. The van der Waals surface area contributed by atoms with Crippen LogP contribution in [0.5, 0.6) is 0 Å². The molecule has 0 unspecified atom stereocenters. The molecule has 3 rings (SSSR count). The summed E-state index contributed by atoms with van der Waals surface area (Å²) in [6, 6.07) is 15.1. The van der Waals surface area contributed by atoms with E-state index in [2.05, 4.69) is 15.5 Å². The number of aromatic amines is 1. The van der Waals surface area contributed by atoms with Gasteiger partial charge in [-0.05, 0) is 25.1 Å². The largest absolute Gasteiger partial charge is 0.359 e. The van der Waals surface area contributed by atoms with Crippen molar-refractivity contribution >= 4 is 22.4 Å². The third kappa shape index (κ3) is 3.00. The summed E-state index contributed by atoms with van der Waals surface area (Å²) in [6.45, 7) is 1.88. The van der Waals surface area contributed by atoms with Crippen LogP contribution >= 0.6 is 0 Å². The number of carbonyl (C=O) groups is 1. The van der Waals surface area contributed by atoms with Crippen molar-refractivity contribution in [2.75, 3.05) is 5.32 Å². The van der Waals surface area contributed by atoms with E-state index >= 15 is 0 Å². The molecule has 0 amide bonds. The molecule has 4 nitrogen and oxygen atoms in total. The van der Waals surface area contributed by atoms with E-state index in [1.165, 1.54) is 0 Å². The quantitative estimate of drug-likeness (QED) is 0.564. The summed E-state index contributed by atoms with van der Waals surface area (Å²) >= 11 is 0.